The monoisotopic (exact) mass is 328 g/mol. The number of hydrogen-bond donors (Lipinski definition) is 0. The fraction of sp³-hybridized carbons (Fsp3) is 0.0476. The van der Waals surface area contributed by atoms with Gasteiger partial charge in [-0.1, -0.05) is 48.0 Å². The third-order valence-electron chi connectivity index (χ3n) is 3.71. The van der Waals surface area contributed by atoms with E-state index in [2.05, 4.69) is 9.97 Å². The van der Waals surface area contributed by atoms with Crippen molar-refractivity contribution in [2.24, 2.45) is 0 Å². The molecule has 0 aliphatic rings. The Morgan fingerprint density at radius 1 is 0.680 bits per heavy atom. The molecule has 4 heteroatoms. The molecule has 4 aromatic rings. The molecule has 0 amide bonds. The maximum atomic E-state index is 5.99. The molecule has 0 atom stereocenters. The van der Waals surface area contributed by atoms with Gasteiger partial charge in [-0.05, 0) is 43.3 Å². The molecule has 0 N–H and O–H groups in total. The van der Waals surface area contributed by atoms with Gasteiger partial charge in [-0.15, -0.1) is 0 Å². The molecule has 0 unspecified atom stereocenters. The quantitative estimate of drug-likeness (QED) is 0.494. The fourth-order valence-electron chi connectivity index (χ4n) is 2.51. The Balaban J connectivity index is 1.79. The highest BCUT2D eigenvalue weighted by atomic mass is 16.5. The van der Waals surface area contributed by atoms with Gasteiger partial charge < -0.3 is 9.47 Å². The number of benzene rings is 3. The summed E-state index contributed by atoms with van der Waals surface area (Å²) in [6, 6.07) is 25.3. The highest BCUT2D eigenvalue weighted by molar-refractivity contribution is 5.84. The first-order chi connectivity index (χ1) is 12.3. The summed E-state index contributed by atoms with van der Waals surface area (Å²) in [4.78, 5) is 8.98. The molecule has 0 aliphatic heterocycles. The largest absolute Gasteiger partial charge is 0.438 e. The Morgan fingerprint density at radius 2 is 1.32 bits per heavy atom. The number of aryl methyl sites for hydroxylation is 1. The molecule has 0 fully saturated rings. The van der Waals surface area contributed by atoms with Gasteiger partial charge in [0, 0.05) is 0 Å². The molecule has 25 heavy (non-hydrogen) atoms. The number of fused-ring (bicyclic) bond motifs is 1. The Morgan fingerprint density at radius 3 is 2.00 bits per heavy atom. The standard InChI is InChI=1S/C21H16N2O2/c1-15-12-13-19-18(14-15)20(24-16-8-4-2-5-9-16)23-21(22-19)25-17-10-6-3-7-11-17/h2-14H,1H3. The predicted octanol–water partition coefficient (Wildman–Crippen LogP) is 5.52. The second-order valence-corrected chi connectivity index (χ2v) is 5.66. The third kappa shape index (κ3) is 3.43. The van der Waals surface area contributed by atoms with Crippen LogP contribution in [-0.2, 0) is 0 Å². The van der Waals surface area contributed by atoms with E-state index in [0.29, 0.717) is 11.6 Å². The van der Waals surface area contributed by atoms with Crippen molar-refractivity contribution in [2.75, 3.05) is 0 Å². The average molecular weight is 328 g/mol. The average Bonchev–Trinajstić information content (AvgIpc) is 2.64. The molecule has 4 rings (SSSR count). The first kappa shape index (κ1) is 15.1. The summed E-state index contributed by atoms with van der Waals surface area (Å²) >= 11 is 0. The van der Waals surface area contributed by atoms with Crippen LogP contribution in [0, 0.1) is 6.92 Å². The Hall–Kier alpha value is -3.40. The van der Waals surface area contributed by atoms with Gasteiger partial charge in [-0.25, -0.2) is 0 Å². The summed E-state index contributed by atoms with van der Waals surface area (Å²) in [6.45, 7) is 2.03. The van der Waals surface area contributed by atoms with E-state index in [0.717, 1.165) is 22.2 Å². The van der Waals surface area contributed by atoms with E-state index >= 15 is 0 Å². The topological polar surface area (TPSA) is 44.2 Å². The highest BCUT2D eigenvalue weighted by Gasteiger charge is 2.12. The van der Waals surface area contributed by atoms with Gasteiger partial charge in [0.25, 0.3) is 0 Å². The van der Waals surface area contributed by atoms with Crippen molar-refractivity contribution < 1.29 is 9.47 Å². The zero-order valence-electron chi connectivity index (χ0n) is 13.7. The lowest BCUT2D eigenvalue weighted by Crippen LogP contribution is -1.97. The fourth-order valence-corrected chi connectivity index (χ4v) is 2.51. The molecule has 3 aromatic carbocycles. The zero-order chi connectivity index (χ0) is 17.1. The van der Waals surface area contributed by atoms with Crippen molar-refractivity contribution >= 4 is 10.9 Å². The van der Waals surface area contributed by atoms with Crippen LogP contribution in [0.5, 0.6) is 23.4 Å². The molecule has 122 valence electrons. The van der Waals surface area contributed by atoms with Crippen LogP contribution in [0.25, 0.3) is 10.9 Å². The molecule has 4 nitrogen and oxygen atoms in total. The summed E-state index contributed by atoms with van der Waals surface area (Å²) < 4.78 is 11.8. The number of ether oxygens (including phenoxy) is 2. The van der Waals surface area contributed by atoms with Crippen molar-refractivity contribution in [2.45, 2.75) is 6.92 Å². The van der Waals surface area contributed by atoms with Gasteiger partial charge in [0.15, 0.2) is 0 Å². The maximum absolute atomic E-state index is 5.99. The number of para-hydroxylation sites is 2. The van der Waals surface area contributed by atoms with Crippen LogP contribution >= 0.6 is 0 Å². The lowest BCUT2D eigenvalue weighted by Gasteiger charge is -2.11. The summed E-state index contributed by atoms with van der Waals surface area (Å²) in [5.41, 5.74) is 1.89. The van der Waals surface area contributed by atoms with Crippen LogP contribution < -0.4 is 9.47 Å². The number of rotatable bonds is 4. The summed E-state index contributed by atoms with van der Waals surface area (Å²) in [6.07, 6.45) is 0. The number of hydrogen-bond acceptors (Lipinski definition) is 4. The van der Waals surface area contributed by atoms with E-state index in [1.807, 2.05) is 85.8 Å². The van der Waals surface area contributed by atoms with Crippen molar-refractivity contribution in [1.29, 1.82) is 0 Å². The van der Waals surface area contributed by atoms with Gasteiger partial charge in [0.05, 0.1) is 10.9 Å². The first-order valence-electron chi connectivity index (χ1n) is 8.02. The predicted molar refractivity (Wildman–Crippen MR) is 97.3 cm³/mol. The molecule has 0 saturated carbocycles. The second kappa shape index (κ2) is 6.61. The Kier molecular flexibility index (Phi) is 4.01. The van der Waals surface area contributed by atoms with Gasteiger partial charge in [0.1, 0.15) is 11.5 Å². The van der Waals surface area contributed by atoms with Gasteiger partial charge >= 0.3 is 6.01 Å². The summed E-state index contributed by atoms with van der Waals surface area (Å²) in [5.74, 6) is 1.88. The summed E-state index contributed by atoms with van der Waals surface area (Å²) in [5, 5.41) is 0.851. The lowest BCUT2D eigenvalue weighted by atomic mass is 10.1. The van der Waals surface area contributed by atoms with Crippen molar-refractivity contribution in [3.05, 3.63) is 84.4 Å². The molecular weight excluding hydrogens is 312 g/mol. The highest BCUT2D eigenvalue weighted by Crippen LogP contribution is 2.31. The van der Waals surface area contributed by atoms with Crippen LogP contribution in [0.4, 0.5) is 0 Å². The molecule has 1 heterocycles. The van der Waals surface area contributed by atoms with Crippen LogP contribution in [0.3, 0.4) is 0 Å². The molecule has 1 aromatic heterocycles. The minimum Gasteiger partial charge on any atom is -0.438 e. The van der Waals surface area contributed by atoms with E-state index in [1.54, 1.807) is 0 Å². The van der Waals surface area contributed by atoms with E-state index in [-0.39, 0.29) is 6.01 Å². The lowest BCUT2D eigenvalue weighted by molar-refractivity contribution is 0.417. The van der Waals surface area contributed by atoms with Crippen LogP contribution in [-0.4, -0.2) is 9.97 Å². The van der Waals surface area contributed by atoms with Gasteiger partial charge in [0.2, 0.25) is 5.88 Å². The smallest absolute Gasteiger partial charge is 0.325 e. The maximum Gasteiger partial charge on any atom is 0.325 e. The SMILES string of the molecule is Cc1ccc2nc(Oc3ccccc3)nc(Oc3ccccc3)c2c1. The van der Waals surface area contributed by atoms with Crippen molar-refractivity contribution in [3.63, 3.8) is 0 Å². The molecule has 0 spiro atoms. The molecule has 0 bridgehead atoms. The van der Waals surface area contributed by atoms with Gasteiger partial charge in [-0.2, -0.15) is 9.97 Å². The van der Waals surface area contributed by atoms with E-state index < -0.39 is 0 Å². The third-order valence-corrected chi connectivity index (χ3v) is 3.71. The molecule has 0 aliphatic carbocycles. The van der Waals surface area contributed by atoms with E-state index in [9.17, 15) is 0 Å². The minimum atomic E-state index is 0.258. The Bertz CT molecular complexity index is 1000. The summed E-state index contributed by atoms with van der Waals surface area (Å²) in [7, 11) is 0. The van der Waals surface area contributed by atoms with Crippen molar-refractivity contribution in [3.8, 4) is 23.4 Å². The first-order valence-corrected chi connectivity index (χ1v) is 8.02. The minimum absolute atomic E-state index is 0.258. The van der Waals surface area contributed by atoms with Gasteiger partial charge in [-0.3, -0.25) is 0 Å². The van der Waals surface area contributed by atoms with E-state index in [1.165, 1.54) is 0 Å². The molecule has 0 radical (unpaired) electrons. The Labute approximate surface area is 145 Å². The van der Waals surface area contributed by atoms with Crippen LogP contribution in [0.15, 0.2) is 78.9 Å². The second-order valence-electron chi connectivity index (χ2n) is 5.66. The van der Waals surface area contributed by atoms with Crippen LogP contribution in [0.1, 0.15) is 5.56 Å². The number of nitrogens with zero attached hydrogens (tertiary/aromatic N) is 2. The normalized spacial score (nSPS) is 10.6. The molecular formula is C21H16N2O2. The van der Waals surface area contributed by atoms with Crippen molar-refractivity contribution in [1.82, 2.24) is 9.97 Å². The molecule has 0 saturated heterocycles. The number of aromatic nitrogens is 2. The van der Waals surface area contributed by atoms with Crippen LogP contribution in [0.2, 0.25) is 0 Å². The van der Waals surface area contributed by atoms with E-state index in [4.69, 9.17) is 9.47 Å². The zero-order valence-corrected chi connectivity index (χ0v) is 13.7.